The quantitative estimate of drug-likeness (QED) is 0.915. The SMILES string of the molecule is Cc1cccnc1CNC(C)c1cc(Br)ccc1F. The van der Waals surface area contributed by atoms with E-state index < -0.39 is 0 Å². The molecule has 1 atom stereocenters. The van der Waals surface area contributed by atoms with Crippen LogP contribution in [0.3, 0.4) is 0 Å². The van der Waals surface area contributed by atoms with E-state index >= 15 is 0 Å². The summed E-state index contributed by atoms with van der Waals surface area (Å²) in [5, 5.41) is 3.30. The average Bonchev–Trinajstić information content (AvgIpc) is 2.40. The smallest absolute Gasteiger partial charge is 0.128 e. The Morgan fingerprint density at radius 3 is 2.89 bits per heavy atom. The summed E-state index contributed by atoms with van der Waals surface area (Å²) in [6.07, 6.45) is 1.77. The van der Waals surface area contributed by atoms with Crippen molar-refractivity contribution in [1.82, 2.24) is 10.3 Å². The molecule has 2 aromatic rings. The number of hydrogen-bond acceptors (Lipinski definition) is 2. The van der Waals surface area contributed by atoms with Crippen molar-refractivity contribution in [3.8, 4) is 0 Å². The highest BCUT2D eigenvalue weighted by molar-refractivity contribution is 9.10. The van der Waals surface area contributed by atoms with Crippen LogP contribution in [0, 0.1) is 12.7 Å². The van der Waals surface area contributed by atoms with Crippen LogP contribution in [0.4, 0.5) is 4.39 Å². The van der Waals surface area contributed by atoms with Crippen molar-refractivity contribution in [3.05, 3.63) is 63.6 Å². The molecule has 0 bridgehead atoms. The van der Waals surface area contributed by atoms with Gasteiger partial charge in [0, 0.05) is 28.8 Å². The van der Waals surface area contributed by atoms with E-state index in [1.807, 2.05) is 26.0 Å². The van der Waals surface area contributed by atoms with Crippen LogP contribution in [-0.4, -0.2) is 4.98 Å². The Morgan fingerprint density at radius 2 is 2.16 bits per heavy atom. The van der Waals surface area contributed by atoms with Gasteiger partial charge in [0.2, 0.25) is 0 Å². The molecule has 0 radical (unpaired) electrons. The molecule has 0 aliphatic carbocycles. The lowest BCUT2D eigenvalue weighted by molar-refractivity contribution is 0.523. The summed E-state index contributed by atoms with van der Waals surface area (Å²) in [4.78, 5) is 4.32. The Bertz CT molecular complexity index is 572. The Kier molecular flexibility index (Phi) is 4.66. The lowest BCUT2D eigenvalue weighted by Crippen LogP contribution is -2.20. The maximum atomic E-state index is 13.7. The number of nitrogens with zero attached hydrogens (tertiary/aromatic N) is 1. The van der Waals surface area contributed by atoms with Gasteiger partial charge in [0.1, 0.15) is 5.82 Å². The van der Waals surface area contributed by atoms with Crippen LogP contribution < -0.4 is 5.32 Å². The number of aryl methyl sites for hydroxylation is 1. The second kappa shape index (κ2) is 6.26. The minimum atomic E-state index is -0.194. The van der Waals surface area contributed by atoms with Gasteiger partial charge in [-0.3, -0.25) is 4.98 Å². The van der Waals surface area contributed by atoms with Crippen molar-refractivity contribution in [2.24, 2.45) is 0 Å². The molecule has 1 unspecified atom stereocenters. The van der Waals surface area contributed by atoms with Crippen molar-refractivity contribution >= 4 is 15.9 Å². The average molecular weight is 323 g/mol. The standard InChI is InChI=1S/C15H16BrFN2/c1-10-4-3-7-18-15(10)9-19-11(2)13-8-12(16)5-6-14(13)17/h3-8,11,19H,9H2,1-2H3. The van der Waals surface area contributed by atoms with E-state index in [2.05, 4.69) is 26.2 Å². The molecule has 0 amide bonds. The van der Waals surface area contributed by atoms with Gasteiger partial charge in [-0.05, 0) is 43.7 Å². The zero-order valence-corrected chi connectivity index (χ0v) is 12.5. The summed E-state index contributed by atoms with van der Waals surface area (Å²) in [5.74, 6) is -0.194. The maximum Gasteiger partial charge on any atom is 0.128 e. The van der Waals surface area contributed by atoms with Gasteiger partial charge in [0.05, 0.1) is 5.69 Å². The largest absolute Gasteiger partial charge is 0.304 e. The summed E-state index contributed by atoms with van der Waals surface area (Å²) in [6.45, 7) is 4.59. The van der Waals surface area contributed by atoms with Crippen molar-refractivity contribution < 1.29 is 4.39 Å². The third-order valence-corrected chi connectivity index (χ3v) is 3.61. The highest BCUT2D eigenvalue weighted by atomic mass is 79.9. The van der Waals surface area contributed by atoms with Gasteiger partial charge < -0.3 is 5.32 Å². The topological polar surface area (TPSA) is 24.9 Å². The molecule has 1 N–H and O–H groups in total. The van der Waals surface area contributed by atoms with E-state index in [4.69, 9.17) is 0 Å². The zero-order valence-electron chi connectivity index (χ0n) is 11.0. The number of rotatable bonds is 4. The predicted octanol–water partition coefficient (Wildman–Crippen LogP) is 4.14. The van der Waals surface area contributed by atoms with Crippen LogP contribution in [0.25, 0.3) is 0 Å². The Hall–Kier alpha value is -1.26. The Balaban J connectivity index is 2.07. The van der Waals surface area contributed by atoms with Gasteiger partial charge in [0.25, 0.3) is 0 Å². The molecule has 0 aliphatic heterocycles. The maximum absolute atomic E-state index is 13.7. The van der Waals surface area contributed by atoms with E-state index in [1.165, 1.54) is 6.07 Å². The highest BCUT2D eigenvalue weighted by Crippen LogP contribution is 2.21. The number of aromatic nitrogens is 1. The fourth-order valence-corrected chi connectivity index (χ4v) is 2.29. The van der Waals surface area contributed by atoms with Crippen LogP contribution in [-0.2, 0) is 6.54 Å². The molecular formula is C15H16BrFN2. The molecule has 1 heterocycles. The molecule has 1 aromatic carbocycles. The first-order chi connectivity index (χ1) is 9.08. The van der Waals surface area contributed by atoms with Crippen LogP contribution in [0.5, 0.6) is 0 Å². The van der Waals surface area contributed by atoms with E-state index in [0.717, 1.165) is 15.7 Å². The normalized spacial score (nSPS) is 12.4. The number of pyridine rings is 1. The number of benzene rings is 1. The summed E-state index contributed by atoms with van der Waals surface area (Å²) in [7, 11) is 0. The van der Waals surface area contributed by atoms with Gasteiger partial charge in [-0.15, -0.1) is 0 Å². The lowest BCUT2D eigenvalue weighted by Gasteiger charge is -2.16. The number of hydrogen-bond donors (Lipinski definition) is 1. The van der Waals surface area contributed by atoms with E-state index in [1.54, 1.807) is 18.3 Å². The monoisotopic (exact) mass is 322 g/mol. The first-order valence-corrected chi connectivity index (χ1v) is 6.96. The molecule has 4 heteroatoms. The minimum Gasteiger partial charge on any atom is -0.304 e. The highest BCUT2D eigenvalue weighted by Gasteiger charge is 2.11. The summed E-state index contributed by atoms with van der Waals surface area (Å²) >= 11 is 3.37. The number of halogens is 2. The third-order valence-electron chi connectivity index (χ3n) is 3.12. The van der Waals surface area contributed by atoms with Crippen LogP contribution in [0.15, 0.2) is 41.0 Å². The molecule has 0 spiro atoms. The van der Waals surface area contributed by atoms with Gasteiger partial charge in [-0.25, -0.2) is 4.39 Å². The summed E-state index contributed by atoms with van der Waals surface area (Å²) in [6, 6.07) is 8.85. The molecule has 0 aliphatic rings. The first kappa shape index (κ1) is 14.2. The molecular weight excluding hydrogens is 307 g/mol. The summed E-state index contributed by atoms with van der Waals surface area (Å²) < 4.78 is 14.6. The molecule has 0 saturated carbocycles. The summed E-state index contributed by atoms with van der Waals surface area (Å²) in [5.41, 5.74) is 2.78. The lowest BCUT2D eigenvalue weighted by atomic mass is 10.1. The van der Waals surface area contributed by atoms with Crippen molar-refractivity contribution in [2.75, 3.05) is 0 Å². The fourth-order valence-electron chi connectivity index (χ4n) is 1.91. The van der Waals surface area contributed by atoms with Crippen molar-refractivity contribution in [3.63, 3.8) is 0 Å². The minimum absolute atomic E-state index is 0.0705. The van der Waals surface area contributed by atoms with Gasteiger partial charge >= 0.3 is 0 Å². The molecule has 100 valence electrons. The van der Waals surface area contributed by atoms with Gasteiger partial charge in [0.15, 0.2) is 0 Å². The molecule has 1 aromatic heterocycles. The first-order valence-electron chi connectivity index (χ1n) is 6.16. The second-order valence-corrected chi connectivity index (χ2v) is 5.45. The number of nitrogens with one attached hydrogen (secondary N) is 1. The van der Waals surface area contributed by atoms with Crippen LogP contribution >= 0.6 is 15.9 Å². The second-order valence-electron chi connectivity index (χ2n) is 4.54. The molecule has 0 saturated heterocycles. The van der Waals surface area contributed by atoms with E-state index in [-0.39, 0.29) is 11.9 Å². The van der Waals surface area contributed by atoms with Gasteiger partial charge in [-0.2, -0.15) is 0 Å². The molecule has 2 nitrogen and oxygen atoms in total. The Morgan fingerprint density at radius 1 is 1.37 bits per heavy atom. The van der Waals surface area contributed by atoms with E-state index in [0.29, 0.717) is 12.1 Å². The van der Waals surface area contributed by atoms with Crippen LogP contribution in [0.2, 0.25) is 0 Å². The van der Waals surface area contributed by atoms with Crippen LogP contribution in [0.1, 0.15) is 29.8 Å². The molecule has 19 heavy (non-hydrogen) atoms. The Labute approximate surface area is 121 Å². The fraction of sp³-hybridized carbons (Fsp3) is 0.267. The van der Waals surface area contributed by atoms with Crippen molar-refractivity contribution in [2.45, 2.75) is 26.4 Å². The third kappa shape index (κ3) is 3.61. The zero-order chi connectivity index (χ0) is 13.8. The molecule has 2 rings (SSSR count). The van der Waals surface area contributed by atoms with E-state index in [9.17, 15) is 4.39 Å². The van der Waals surface area contributed by atoms with Gasteiger partial charge in [-0.1, -0.05) is 22.0 Å². The van der Waals surface area contributed by atoms with Crippen molar-refractivity contribution in [1.29, 1.82) is 0 Å². The molecule has 0 fully saturated rings. The predicted molar refractivity (Wildman–Crippen MR) is 78.3 cm³/mol.